The lowest BCUT2D eigenvalue weighted by atomic mass is 10.0. The van der Waals surface area contributed by atoms with E-state index < -0.39 is 48.5 Å². The Labute approximate surface area is 286 Å². The molecule has 0 spiro atoms. The van der Waals surface area contributed by atoms with Crippen LogP contribution in [0.2, 0.25) is 0 Å². The molecular weight excluding hydrogens is 636 g/mol. The van der Waals surface area contributed by atoms with Crippen molar-refractivity contribution in [1.29, 1.82) is 0 Å². The van der Waals surface area contributed by atoms with E-state index in [1.807, 2.05) is 92.7 Å². The van der Waals surface area contributed by atoms with E-state index in [1.165, 1.54) is 0 Å². The van der Waals surface area contributed by atoms with Crippen LogP contribution in [-0.2, 0) is 48.3 Å². The lowest BCUT2D eigenvalue weighted by Gasteiger charge is -2.24. The van der Waals surface area contributed by atoms with E-state index in [1.54, 1.807) is 12.1 Å². The fraction of sp³-hybridized carbons (Fsp3) is 0.361. The van der Waals surface area contributed by atoms with Crippen LogP contribution in [0.1, 0.15) is 37.0 Å². The number of amides is 4. The molecule has 0 fully saturated rings. The minimum absolute atomic E-state index is 0.0130. The molecule has 0 aliphatic heterocycles. The van der Waals surface area contributed by atoms with Crippen molar-refractivity contribution in [2.75, 3.05) is 19.0 Å². The molecular formula is C36H43ClN4O7. The summed E-state index contributed by atoms with van der Waals surface area (Å²) in [5, 5.41) is 10.4. The van der Waals surface area contributed by atoms with Gasteiger partial charge in [0.25, 0.3) is 0 Å². The van der Waals surface area contributed by atoms with E-state index >= 15 is 0 Å². The number of hydrogen-bond acceptors (Lipinski definition) is 7. The summed E-state index contributed by atoms with van der Waals surface area (Å²) in [5.74, 6) is -2.47. The van der Waals surface area contributed by atoms with Crippen LogP contribution < -0.4 is 21.3 Å². The van der Waals surface area contributed by atoms with Gasteiger partial charge in [-0.15, -0.1) is 11.6 Å². The highest BCUT2D eigenvalue weighted by atomic mass is 35.5. The van der Waals surface area contributed by atoms with Crippen molar-refractivity contribution < 1.29 is 33.4 Å². The minimum atomic E-state index is -1.18. The molecule has 0 aliphatic carbocycles. The molecule has 48 heavy (non-hydrogen) atoms. The Balaban J connectivity index is 1.64. The van der Waals surface area contributed by atoms with Gasteiger partial charge in [-0.25, -0.2) is 4.79 Å². The zero-order valence-corrected chi connectivity index (χ0v) is 27.9. The first-order valence-corrected chi connectivity index (χ1v) is 16.3. The number of hydrogen-bond donors (Lipinski definition) is 4. The number of alkyl carbamates (subject to hydrolysis) is 1. The Hall–Kier alpha value is -4.74. The van der Waals surface area contributed by atoms with E-state index in [2.05, 4.69) is 21.3 Å². The highest BCUT2D eigenvalue weighted by Gasteiger charge is 2.28. The molecule has 0 unspecified atom stereocenters. The zero-order chi connectivity index (χ0) is 34.7. The van der Waals surface area contributed by atoms with Gasteiger partial charge in [-0.1, -0.05) is 105 Å². The van der Waals surface area contributed by atoms with Crippen LogP contribution in [0, 0.1) is 5.92 Å². The number of carbonyl (C=O) groups is 5. The third kappa shape index (κ3) is 13.9. The smallest absolute Gasteiger partial charge is 0.408 e. The molecule has 4 amide bonds. The van der Waals surface area contributed by atoms with Gasteiger partial charge < -0.3 is 30.7 Å². The number of nitrogens with one attached hydrogen (secondary N) is 4. The molecule has 0 bridgehead atoms. The first-order valence-electron chi connectivity index (χ1n) is 15.7. The first kappa shape index (κ1) is 37.7. The fourth-order valence-electron chi connectivity index (χ4n) is 4.66. The highest BCUT2D eigenvalue weighted by Crippen LogP contribution is 2.09. The number of Topliss-reactive ketones (excluding diaryl/α,β-unsaturated/α-hetero) is 1. The number of ketones is 1. The topological polar surface area (TPSA) is 152 Å². The number of halogens is 1. The second-order valence-electron chi connectivity index (χ2n) is 11.6. The lowest BCUT2D eigenvalue weighted by Crippen LogP contribution is -2.56. The summed E-state index contributed by atoms with van der Waals surface area (Å²) in [5.41, 5.74) is 2.42. The van der Waals surface area contributed by atoms with Crippen LogP contribution in [0.4, 0.5) is 4.79 Å². The van der Waals surface area contributed by atoms with Crippen molar-refractivity contribution in [3.63, 3.8) is 0 Å². The normalized spacial score (nSPS) is 12.7. The van der Waals surface area contributed by atoms with Gasteiger partial charge in [0.2, 0.25) is 17.7 Å². The van der Waals surface area contributed by atoms with Gasteiger partial charge in [0.1, 0.15) is 18.7 Å². The molecule has 3 rings (SSSR count). The second-order valence-corrected chi connectivity index (χ2v) is 11.8. The maximum atomic E-state index is 13.3. The Bertz CT molecular complexity index is 1460. The first-order chi connectivity index (χ1) is 23.1. The second kappa shape index (κ2) is 20.5. The summed E-state index contributed by atoms with van der Waals surface area (Å²) in [6, 6.07) is 24.4. The fourth-order valence-corrected chi connectivity index (χ4v) is 4.85. The molecule has 0 aromatic heterocycles. The number of rotatable bonds is 19. The molecule has 4 N–H and O–H groups in total. The highest BCUT2D eigenvalue weighted by molar-refractivity contribution is 6.28. The predicted octanol–water partition coefficient (Wildman–Crippen LogP) is 3.68. The summed E-state index contributed by atoms with van der Waals surface area (Å²) in [7, 11) is 0. The van der Waals surface area contributed by atoms with E-state index in [0.717, 1.165) is 16.7 Å². The molecule has 3 atom stereocenters. The van der Waals surface area contributed by atoms with Gasteiger partial charge in [-0.2, -0.15) is 0 Å². The molecule has 0 saturated heterocycles. The van der Waals surface area contributed by atoms with Gasteiger partial charge in [-0.3, -0.25) is 19.2 Å². The minimum Gasteiger partial charge on any atom is -0.445 e. The van der Waals surface area contributed by atoms with Gasteiger partial charge in [0.05, 0.1) is 31.7 Å². The van der Waals surface area contributed by atoms with Crippen molar-refractivity contribution >= 4 is 41.2 Å². The lowest BCUT2D eigenvalue weighted by molar-refractivity contribution is -0.133. The Morgan fingerprint density at radius 1 is 0.667 bits per heavy atom. The van der Waals surface area contributed by atoms with E-state index in [0.29, 0.717) is 6.42 Å². The van der Waals surface area contributed by atoms with E-state index in [-0.39, 0.29) is 43.8 Å². The van der Waals surface area contributed by atoms with Crippen LogP contribution in [0.25, 0.3) is 0 Å². The van der Waals surface area contributed by atoms with Crippen LogP contribution in [0.5, 0.6) is 0 Å². The third-order valence-electron chi connectivity index (χ3n) is 7.12. The van der Waals surface area contributed by atoms with E-state index in [4.69, 9.17) is 21.1 Å². The summed E-state index contributed by atoms with van der Waals surface area (Å²) in [6.45, 7) is 3.32. The summed E-state index contributed by atoms with van der Waals surface area (Å²) >= 11 is 5.78. The van der Waals surface area contributed by atoms with Gasteiger partial charge >= 0.3 is 6.09 Å². The van der Waals surface area contributed by atoms with Gasteiger partial charge in [0.15, 0.2) is 5.78 Å². The van der Waals surface area contributed by atoms with Crippen LogP contribution in [-0.4, -0.2) is 66.8 Å². The summed E-state index contributed by atoms with van der Waals surface area (Å²) < 4.78 is 11.0. The molecule has 11 nitrogen and oxygen atoms in total. The van der Waals surface area contributed by atoms with E-state index in [9.17, 15) is 24.0 Å². The van der Waals surface area contributed by atoms with Gasteiger partial charge in [-0.05, 0) is 29.0 Å². The number of benzene rings is 3. The molecule has 3 aromatic carbocycles. The van der Waals surface area contributed by atoms with Crippen molar-refractivity contribution in [3.8, 4) is 0 Å². The largest absolute Gasteiger partial charge is 0.445 e. The monoisotopic (exact) mass is 678 g/mol. The van der Waals surface area contributed by atoms with Crippen molar-refractivity contribution in [3.05, 3.63) is 108 Å². The molecule has 12 heteroatoms. The van der Waals surface area contributed by atoms with Crippen LogP contribution in [0.3, 0.4) is 0 Å². The average molecular weight is 679 g/mol. The molecule has 0 radical (unpaired) electrons. The number of alkyl halides is 1. The SMILES string of the molecule is CC(C)C[C@H](NC(=O)[C@H](COCc1ccccc1)NC(=O)CNC(=O)[C@H](Cc1ccccc1)NC(=O)OCc1ccccc1)C(=O)CCl. The molecule has 0 heterocycles. The Kier molecular flexibility index (Phi) is 16.1. The van der Waals surface area contributed by atoms with Crippen molar-refractivity contribution in [2.24, 2.45) is 5.92 Å². The molecule has 0 saturated carbocycles. The van der Waals surface area contributed by atoms with Crippen LogP contribution in [0.15, 0.2) is 91.0 Å². The summed E-state index contributed by atoms with van der Waals surface area (Å²) in [4.78, 5) is 64.7. The third-order valence-corrected chi connectivity index (χ3v) is 7.38. The maximum absolute atomic E-state index is 13.3. The molecule has 3 aromatic rings. The van der Waals surface area contributed by atoms with Crippen molar-refractivity contribution in [1.82, 2.24) is 21.3 Å². The Morgan fingerprint density at radius 3 is 1.79 bits per heavy atom. The van der Waals surface area contributed by atoms with Crippen LogP contribution >= 0.6 is 11.6 Å². The predicted molar refractivity (Wildman–Crippen MR) is 182 cm³/mol. The summed E-state index contributed by atoms with van der Waals surface area (Å²) in [6.07, 6.45) is -0.296. The average Bonchev–Trinajstić information content (AvgIpc) is 3.09. The van der Waals surface area contributed by atoms with Crippen molar-refractivity contribution in [2.45, 2.75) is 58.0 Å². The molecule has 256 valence electrons. The Morgan fingerprint density at radius 2 is 1.23 bits per heavy atom. The number of ether oxygens (including phenoxy) is 2. The maximum Gasteiger partial charge on any atom is 0.408 e. The molecule has 0 aliphatic rings. The zero-order valence-electron chi connectivity index (χ0n) is 27.2. The standard InChI is InChI=1S/C36H43ClN4O7/c1-25(2)18-29(32(42)20-37)40-35(45)31(24-47-22-27-14-8-4-9-15-27)39-33(43)21-38-34(44)30(19-26-12-6-3-7-13-26)41-36(46)48-23-28-16-10-5-11-17-28/h3-17,25,29-31H,18-24H2,1-2H3,(H,38,44)(H,39,43)(H,40,45)(H,41,46)/t29-,30-,31-/m0/s1. The van der Waals surface area contributed by atoms with Gasteiger partial charge in [0, 0.05) is 6.42 Å². The quantitative estimate of drug-likeness (QED) is 0.141. The number of carbonyl (C=O) groups excluding carboxylic acids is 5.